The highest BCUT2D eigenvalue weighted by Crippen LogP contribution is 2.28. The van der Waals surface area contributed by atoms with E-state index >= 15 is 0 Å². The lowest BCUT2D eigenvalue weighted by Crippen LogP contribution is -2.51. The summed E-state index contributed by atoms with van der Waals surface area (Å²) in [7, 11) is 0. The van der Waals surface area contributed by atoms with E-state index in [-0.39, 0.29) is 11.9 Å². The maximum atomic E-state index is 13.3. The van der Waals surface area contributed by atoms with Crippen molar-refractivity contribution in [3.63, 3.8) is 0 Å². The number of aromatic amines is 1. The average Bonchev–Trinajstić information content (AvgIpc) is 3.35. The molecule has 2 aromatic heterocycles. The highest BCUT2D eigenvalue weighted by Gasteiger charge is 2.34. The molecule has 2 aliphatic rings. The number of rotatable bonds is 4. The van der Waals surface area contributed by atoms with Crippen LogP contribution in [0.15, 0.2) is 42.6 Å². The van der Waals surface area contributed by atoms with Crippen molar-refractivity contribution < 1.29 is 4.79 Å². The zero-order valence-corrected chi connectivity index (χ0v) is 21.5. The molecule has 4 aromatic rings. The maximum absolute atomic E-state index is 13.3. The number of carbonyl (C=O) groups excluding carboxylic acids is 1. The number of nitrogens with zero attached hydrogens (tertiary/aromatic N) is 6. The van der Waals surface area contributed by atoms with E-state index in [4.69, 9.17) is 4.98 Å². The molecule has 6 rings (SSSR count). The Balaban J connectivity index is 1.09. The van der Waals surface area contributed by atoms with Crippen molar-refractivity contribution in [1.29, 1.82) is 0 Å². The zero-order valence-electron chi connectivity index (χ0n) is 21.5. The van der Waals surface area contributed by atoms with Crippen LogP contribution in [0.1, 0.15) is 52.5 Å². The van der Waals surface area contributed by atoms with Crippen LogP contribution in [0.4, 0.5) is 11.6 Å². The number of H-pyrrole nitrogens is 1. The third-order valence-corrected chi connectivity index (χ3v) is 7.64. The highest BCUT2D eigenvalue weighted by atomic mass is 16.2. The van der Waals surface area contributed by atoms with Gasteiger partial charge >= 0.3 is 0 Å². The van der Waals surface area contributed by atoms with Gasteiger partial charge in [0.15, 0.2) is 0 Å². The molecule has 0 aliphatic carbocycles. The molecule has 1 saturated heterocycles. The van der Waals surface area contributed by atoms with Crippen LogP contribution in [-0.2, 0) is 13.0 Å². The molecule has 4 heterocycles. The Morgan fingerprint density at radius 2 is 1.95 bits per heavy atom. The highest BCUT2D eigenvalue weighted by molar-refractivity contribution is 5.97. The molecule has 37 heavy (non-hydrogen) atoms. The first-order chi connectivity index (χ1) is 17.9. The Morgan fingerprint density at radius 3 is 2.76 bits per heavy atom. The fourth-order valence-electron chi connectivity index (χ4n) is 5.81. The van der Waals surface area contributed by atoms with Gasteiger partial charge in [-0.1, -0.05) is 11.3 Å². The lowest BCUT2D eigenvalue weighted by atomic mass is 9.93. The first kappa shape index (κ1) is 23.5. The largest absolute Gasteiger partial charge is 0.336 e. The second-order valence-corrected chi connectivity index (χ2v) is 10.5. The van der Waals surface area contributed by atoms with Crippen molar-refractivity contribution in [3.8, 4) is 0 Å². The monoisotopic (exact) mass is 496 g/mol. The van der Waals surface area contributed by atoms with Crippen LogP contribution in [0.25, 0.3) is 11.0 Å². The molecule has 9 nitrogen and oxygen atoms in total. The number of amides is 1. The average molecular weight is 497 g/mol. The first-order valence-corrected chi connectivity index (χ1v) is 13.0. The van der Waals surface area contributed by atoms with E-state index in [1.165, 1.54) is 16.7 Å². The quantitative estimate of drug-likeness (QED) is 0.437. The molecule has 0 spiro atoms. The van der Waals surface area contributed by atoms with Crippen molar-refractivity contribution in [2.24, 2.45) is 0 Å². The molecule has 2 aromatic carbocycles. The molecule has 0 saturated carbocycles. The third-order valence-electron chi connectivity index (χ3n) is 7.64. The van der Waals surface area contributed by atoms with Crippen molar-refractivity contribution in [2.45, 2.75) is 58.7 Å². The van der Waals surface area contributed by atoms with Gasteiger partial charge in [0, 0.05) is 61.1 Å². The topological polar surface area (TPSA) is 103 Å². The molecule has 0 unspecified atom stereocenters. The van der Waals surface area contributed by atoms with Crippen LogP contribution in [0, 0.1) is 13.8 Å². The standard InChI is InChI=1S/C28H32N8O/c1-17-10-18(2)12-22(11-17)30-28-29-15-21-16-35(8-7-24(21)31-28)23-6-9-36(19(3)13-23)27(37)20-4-5-25-26(14-20)33-34-32-25/h4-5,10-12,14-15,19,23H,6-9,13,16H2,1-3H3,(H,29,30,31)(H,32,33,34)/t19-,23-/m1/s1. The van der Waals surface area contributed by atoms with Crippen LogP contribution in [0.5, 0.6) is 0 Å². The van der Waals surface area contributed by atoms with Crippen LogP contribution in [0.3, 0.4) is 0 Å². The summed E-state index contributed by atoms with van der Waals surface area (Å²) in [5.41, 5.74) is 8.00. The molecule has 2 atom stereocenters. The Hall–Kier alpha value is -3.85. The van der Waals surface area contributed by atoms with E-state index in [0.29, 0.717) is 17.6 Å². The Kier molecular flexibility index (Phi) is 6.08. The number of carbonyl (C=O) groups is 1. The van der Waals surface area contributed by atoms with Gasteiger partial charge in [-0.3, -0.25) is 14.8 Å². The number of nitrogens with one attached hydrogen (secondary N) is 2. The van der Waals surface area contributed by atoms with Gasteiger partial charge in [0.05, 0.1) is 11.2 Å². The molecule has 9 heteroatoms. The van der Waals surface area contributed by atoms with Gasteiger partial charge in [-0.05, 0) is 75.1 Å². The van der Waals surface area contributed by atoms with Crippen molar-refractivity contribution in [1.82, 2.24) is 35.2 Å². The van der Waals surface area contributed by atoms with Crippen LogP contribution in [0.2, 0.25) is 0 Å². The number of likely N-dealkylation sites (tertiary alicyclic amines) is 1. The van der Waals surface area contributed by atoms with E-state index in [2.05, 4.69) is 69.6 Å². The fraction of sp³-hybridized carbons (Fsp3) is 0.393. The summed E-state index contributed by atoms with van der Waals surface area (Å²) >= 11 is 0. The third kappa shape index (κ3) is 4.79. The van der Waals surface area contributed by atoms with Gasteiger partial charge in [0.25, 0.3) is 5.91 Å². The minimum absolute atomic E-state index is 0.0667. The molecular formula is C28H32N8O. The van der Waals surface area contributed by atoms with Crippen molar-refractivity contribution in [3.05, 3.63) is 70.5 Å². The zero-order chi connectivity index (χ0) is 25.5. The van der Waals surface area contributed by atoms with Crippen LogP contribution >= 0.6 is 0 Å². The molecule has 0 radical (unpaired) electrons. The summed E-state index contributed by atoms with van der Waals surface area (Å²) in [4.78, 5) is 27.3. The lowest BCUT2D eigenvalue weighted by molar-refractivity contribution is 0.0441. The summed E-state index contributed by atoms with van der Waals surface area (Å²) < 4.78 is 0. The first-order valence-electron chi connectivity index (χ1n) is 13.0. The van der Waals surface area contributed by atoms with E-state index in [1.54, 1.807) is 0 Å². The Morgan fingerprint density at radius 1 is 1.11 bits per heavy atom. The van der Waals surface area contributed by atoms with E-state index < -0.39 is 0 Å². The predicted octanol–water partition coefficient (Wildman–Crippen LogP) is 4.16. The van der Waals surface area contributed by atoms with Gasteiger partial charge in [0.2, 0.25) is 5.95 Å². The number of benzene rings is 2. The van der Waals surface area contributed by atoms with E-state index in [0.717, 1.165) is 61.3 Å². The van der Waals surface area contributed by atoms with Crippen molar-refractivity contribution in [2.75, 3.05) is 18.4 Å². The number of aryl methyl sites for hydroxylation is 2. The molecule has 2 aliphatic heterocycles. The van der Waals surface area contributed by atoms with E-state index in [1.807, 2.05) is 29.3 Å². The van der Waals surface area contributed by atoms with Crippen LogP contribution in [-0.4, -0.2) is 66.3 Å². The summed E-state index contributed by atoms with van der Waals surface area (Å²) in [6.07, 6.45) is 4.80. The number of aromatic nitrogens is 5. The number of hydrogen-bond acceptors (Lipinski definition) is 7. The Bertz CT molecular complexity index is 1440. The minimum atomic E-state index is 0.0667. The number of piperidine rings is 1. The second kappa shape index (κ2) is 9.55. The predicted molar refractivity (Wildman–Crippen MR) is 143 cm³/mol. The molecule has 1 fully saturated rings. The maximum Gasteiger partial charge on any atom is 0.254 e. The normalized spacial score (nSPS) is 20.1. The molecule has 2 N–H and O–H groups in total. The van der Waals surface area contributed by atoms with Crippen LogP contribution < -0.4 is 5.32 Å². The van der Waals surface area contributed by atoms with Gasteiger partial charge in [-0.15, -0.1) is 5.10 Å². The fourth-order valence-corrected chi connectivity index (χ4v) is 5.81. The minimum Gasteiger partial charge on any atom is -0.336 e. The molecule has 190 valence electrons. The van der Waals surface area contributed by atoms with Gasteiger partial charge < -0.3 is 10.2 Å². The van der Waals surface area contributed by atoms with Gasteiger partial charge in [-0.25, -0.2) is 9.97 Å². The molecule has 1 amide bonds. The number of fused-ring (bicyclic) bond motifs is 2. The summed E-state index contributed by atoms with van der Waals surface area (Å²) in [5.74, 6) is 0.721. The van der Waals surface area contributed by atoms with E-state index in [9.17, 15) is 4.79 Å². The SMILES string of the molecule is Cc1cc(C)cc(Nc2ncc3c(n2)CCN([C@@H]2CCN(C(=O)c4ccc5[nH]nnc5c4)[C@H](C)C2)C3)c1. The summed E-state index contributed by atoms with van der Waals surface area (Å²) in [5, 5.41) is 14.1. The number of hydrogen-bond donors (Lipinski definition) is 2. The number of anilines is 2. The smallest absolute Gasteiger partial charge is 0.254 e. The van der Waals surface area contributed by atoms with Gasteiger partial charge in [-0.2, -0.15) is 0 Å². The van der Waals surface area contributed by atoms with Crippen molar-refractivity contribution >= 4 is 28.6 Å². The van der Waals surface area contributed by atoms with Gasteiger partial charge in [0.1, 0.15) is 5.52 Å². The Labute approximate surface area is 216 Å². The molecular weight excluding hydrogens is 464 g/mol. The second-order valence-electron chi connectivity index (χ2n) is 10.5. The molecule has 0 bridgehead atoms. The summed E-state index contributed by atoms with van der Waals surface area (Å²) in [6, 6.07) is 12.5. The summed E-state index contributed by atoms with van der Waals surface area (Å²) in [6.45, 7) is 8.93. The lowest BCUT2D eigenvalue weighted by Gasteiger charge is -2.43.